The lowest BCUT2D eigenvalue weighted by Gasteiger charge is -2.11. The number of nitrogen functional groups attached to an aromatic ring is 1. The predicted octanol–water partition coefficient (Wildman–Crippen LogP) is 3.40. The molecule has 0 aliphatic heterocycles. The SMILES string of the molecule is Cc1cc(F)ccc1Nc1ncnc2ccc(N)cc12. The molecule has 0 radical (unpaired) electrons. The smallest absolute Gasteiger partial charge is 0.141 e. The average Bonchev–Trinajstić information content (AvgIpc) is 2.42. The van der Waals surface area contributed by atoms with Gasteiger partial charge in [0.1, 0.15) is 18.0 Å². The second-order valence-corrected chi connectivity index (χ2v) is 4.58. The zero-order valence-corrected chi connectivity index (χ0v) is 10.9. The lowest BCUT2D eigenvalue weighted by Crippen LogP contribution is -1.98. The van der Waals surface area contributed by atoms with Gasteiger partial charge in [0.05, 0.1) is 5.52 Å². The summed E-state index contributed by atoms with van der Waals surface area (Å²) >= 11 is 0. The number of halogens is 1. The zero-order chi connectivity index (χ0) is 14.1. The van der Waals surface area contributed by atoms with Gasteiger partial charge in [0, 0.05) is 16.8 Å². The predicted molar refractivity (Wildman–Crippen MR) is 78.4 cm³/mol. The van der Waals surface area contributed by atoms with Gasteiger partial charge < -0.3 is 11.1 Å². The van der Waals surface area contributed by atoms with E-state index in [1.807, 2.05) is 19.1 Å². The molecule has 0 bridgehead atoms. The fourth-order valence-corrected chi connectivity index (χ4v) is 2.07. The minimum absolute atomic E-state index is 0.259. The Hall–Kier alpha value is -2.69. The first-order valence-electron chi connectivity index (χ1n) is 6.17. The van der Waals surface area contributed by atoms with Crippen LogP contribution in [0.5, 0.6) is 0 Å². The highest BCUT2D eigenvalue weighted by Gasteiger charge is 2.06. The molecule has 0 aliphatic rings. The molecule has 3 N–H and O–H groups in total. The third-order valence-corrected chi connectivity index (χ3v) is 3.10. The molecule has 20 heavy (non-hydrogen) atoms. The highest BCUT2D eigenvalue weighted by molar-refractivity contribution is 5.92. The van der Waals surface area contributed by atoms with Crippen molar-refractivity contribution in [1.82, 2.24) is 9.97 Å². The number of hydrogen-bond donors (Lipinski definition) is 2. The minimum atomic E-state index is -0.259. The second-order valence-electron chi connectivity index (χ2n) is 4.58. The van der Waals surface area contributed by atoms with E-state index < -0.39 is 0 Å². The van der Waals surface area contributed by atoms with Crippen LogP contribution < -0.4 is 11.1 Å². The molecule has 4 nitrogen and oxygen atoms in total. The fourth-order valence-electron chi connectivity index (χ4n) is 2.07. The van der Waals surface area contributed by atoms with Crippen molar-refractivity contribution in [2.24, 2.45) is 0 Å². The van der Waals surface area contributed by atoms with Crippen LogP contribution >= 0.6 is 0 Å². The number of anilines is 3. The molecule has 3 aromatic rings. The second kappa shape index (κ2) is 4.77. The van der Waals surface area contributed by atoms with Gasteiger partial charge in [0.2, 0.25) is 0 Å². The van der Waals surface area contributed by atoms with E-state index >= 15 is 0 Å². The number of fused-ring (bicyclic) bond motifs is 1. The Morgan fingerprint density at radius 1 is 1.10 bits per heavy atom. The monoisotopic (exact) mass is 268 g/mol. The molecule has 0 spiro atoms. The summed E-state index contributed by atoms with van der Waals surface area (Å²) in [4.78, 5) is 8.43. The normalized spacial score (nSPS) is 10.7. The third-order valence-electron chi connectivity index (χ3n) is 3.10. The first-order valence-corrected chi connectivity index (χ1v) is 6.17. The van der Waals surface area contributed by atoms with Gasteiger partial charge in [0.25, 0.3) is 0 Å². The fraction of sp³-hybridized carbons (Fsp3) is 0.0667. The van der Waals surface area contributed by atoms with Crippen molar-refractivity contribution in [3.8, 4) is 0 Å². The first kappa shape index (κ1) is 12.3. The summed E-state index contributed by atoms with van der Waals surface area (Å²) in [5, 5.41) is 4.03. The maximum Gasteiger partial charge on any atom is 0.141 e. The molecule has 0 unspecified atom stereocenters. The number of nitrogens with two attached hydrogens (primary N) is 1. The van der Waals surface area contributed by atoms with Gasteiger partial charge in [-0.3, -0.25) is 0 Å². The Kier molecular flexibility index (Phi) is 2.95. The zero-order valence-electron chi connectivity index (χ0n) is 10.9. The molecule has 1 aromatic heterocycles. The van der Waals surface area contributed by atoms with E-state index in [0.717, 1.165) is 22.2 Å². The van der Waals surface area contributed by atoms with Crippen LogP contribution in [0, 0.1) is 12.7 Å². The van der Waals surface area contributed by atoms with Crippen molar-refractivity contribution in [2.45, 2.75) is 6.92 Å². The van der Waals surface area contributed by atoms with Gasteiger partial charge in [-0.05, 0) is 48.9 Å². The van der Waals surface area contributed by atoms with Crippen molar-refractivity contribution in [3.63, 3.8) is 0 Å². The van der Waals surface area contributed by atoms with Crippen LogP contribution in [0.25, 0.3) is 10.9 Å². The van der Waals surface area contributed by atoms with Crippen molar-refractivity contribution >= 4 is 28.1 Å². The molecule has 0 saturated heterocycles. The molecule has 0 fully saturated rings. The van der Waals surface area contributed by atoms with Gasteiger partial charge in [-0.25, -0.2) is 14.4 Å². The molecular weight excluding hydrogens is 255 g/mol. The Labute approximate surface area is 115 Å². The molecule has 3 rings (SSSR count). The summed E-state index contributed by atoms with van der Waals surface area (Å²) in [5.41, 5.74) is 8.86. The Morgan fingerprint density at radius 3 is 2.75 bits per heavy atom. The molecule has 0 atom stereocenters. The van der Waals surface area contributed by atoms with Crippen molar-refractivity contribution in [1.29, 1.82) is 0 Å². The molecule has 0 aliphatic carbocycles. The van der Waals surface area contributed by atoms with E-state index in [9.17, 15) is 4.39 Å². The molecule has 100 valence electrons. The van der Waals surface area contributed by atoms with Crippen LogP contribution in [0.2, 0.25) is 0 Å². The number of hydrogen-bond acceptors (Lipinski definition) is 4. The molecule has 0 saturated carbocycles. The van der Waals surface area contributed by atoms with Crippen molar-refractivity contribution in [3.05, 3.63) is 54.1 Å². The van der Waals surface area contributed by atoms with Crippen LogP contribution in [0.15, 0.2) is 42.7 Å². The maximum absolute atomic E-state index is 13.1. The van der Waals surface area contributed by atoms with Crippen LogP contribution in [0.1, 0.15) is 5.56 Å². The van der Waals surface area contributed by atoms with Gasteiger partial charge in [0.15, 0.2) is 0 Å². The van der Waals surface area contributed by atoms with E-state index in [4.69, 9.17) is 5.73 Å². The first-order chi connectivity index (χ1) is 9.63. The number of rotatable bonds is 2. The topological polar surface area (TPSA) is 63.8 Å². The summed E-state index contributed by atoms with van der Waals surface area (Å²) in [6, 6.07) is 10.0. The summed E-state index contributed by atoms with van der Waals surface area (Å²) in [7, 11) is 0. The van der Waals surface area contributed by atoms with Gasteiger partial charge >= 0.3 is 0 Å². The van der Waals surface area contributed by atoms with E-state index in [2.05, 4.69) is 15.3 Å². The number of nitrogens with zero attached hydrogens (tertiary/aromatic N) is 2. The standard InChI is InChI=1S/C15H13FN4/c1-9-6-10(16)2-4-13(9)20-15-12-7-11(17)3-5-14(12)18-8-19-15/h2-8H,17H2,1H3,(H,18,19,20). The van der Waals surface area contributed by atoms with E-state index in [1.165, 1.54) is 18.5 Å². The molecule has 0 amide bonds. The third kappa shape index (κ3) is 2.25. The Balaban J connectivity index is 2.08. The minimum Gasteiger partial charge on any atom is -0.399 e. The highest BCUT2D eigenvalue weighted by atomic mass is 19.1. The Morgan fingerprint density at radius 2 is 1.95 bits per heavy atom. The largest absolute Gasteiger partial charge is 0.399 e. The highest BCUT2D eigenvalue weighted by Crippen LogP contribution is 2.26. The van der Waals surface area contributed by atoms with Crippen molar-refractivity contribution < 1.29 is 4.39 Å². The van der Waals surface area contributed by atoms with Crippen LogP contribution in [0.4, 0.5) is 21.6 Å². The number of benzene rings is 2. The van der Waals surface area contributed by atoms with E-state index in [1.54, 1.807) is 12.1 Å². The van der Waals surface area contributed by atoms with Crippen LogP contribution in [0.3, 0.4) is 0 Å². The van der Waals surface area contributed by atoms with Gasteiger partial charge in [-0.1, -0.05) is 0 Å². The number of nitrogens with one attached hydrogen (secondary N) is 1. The average molecular weight is 268 g/mol. The lowest BCUT2D eigenvalue weighted by molar-refractivity contribution is 0.627. The van der Waals surface area contributed by atoms with E-state index in [0.29, 0.717) is 11.5 Å². The van der Waals surface area contributed by atoms with Crippen LogP contribution in [-0.4, -0.2) is 9.97 Å². The maximum atomic E-state index is 13.1. The van der Waals surface area contributed by atoms with Crippen LogP contribution in [-0.2, 0) is 0 Å². The number of aromatic nitrogens is 2. The van der Waals surface area contributed by atoms with Crippen molar-refractivity contribution in [2.75, 3.05) is 11.1 Å². The summed E-state index contributed by atoms with van der Waals surface area (Å²) in [6.45, 7) is 1.84. The summed E-state index contributed by atoms with van der Waals surface area (Å²) in [5.74, 6) is 0.391. The molecule has 1 heterocycles. The quantitative estimate of drug-likeness (QED) is 0.699. The lowest BCUT2D eigenvalue weighted by atomic mass is 10.1. The molecule has 2 aromatic carbocycles. The van der Waals surface area contributed by atoms with E-state index in [-0.39, 0.29) is 5.82 Å². The molecule has 5 heteroatoms. The van der Waals surface area contributed by atoms with Gasteiger partial charge in [-0.15, -0.1) is 0 Å². The van der Waals surface area contributed by atoms with Gasteiger partial charge in [-0.2, -0.15) is 0 Å². The summed E-state index contributed by atoms with van der Waals surface area (Å²) < 4.78 is 13.1. The molecular formula is C15H13FN4. The summed E-state index contributed by atoms with van der Waals surface area (Å²) in [6.07, 6.45) is 1.49. The Bertz CT molecular complexity index is 786. The number of aryl methyl sites for hydroxylation is 1.